The van der Waals surface area contributed by atoms with Crippen molar-refractivity contribution < 1.29 is 8.42 Å². The second-order valence-corrected chi connectivity index (χ2v) is 6.55. The largest absolute Gasteiger partial charge is 0.260 e. The van der Waals surface area contributed by atoms with Crippen molar-refractivity contribution in [3.8, 4) is 0 Å². The molecule has 2 aromatic rings. The van der Waals surface area contributed by atoms with Gasteiger partial charge >= 0.3 is 0 Å². The zero-order valence-electron chi connectivity index (χ0n) is 11.2. The normalized spacial score (nSPS) is 13.2. The van der Waals surface area contributed by atoms with E-state index in [2.05, 4.69) is 9.71 Å². The van der Waals surface area contributed by atoms with Gasteiger partial charge in [0.05, 0.1) is 16.6 Å². The fraction of sp³-hybridized carbons (Fsp3) is 0.214. The predicted molar refractivity (Wildman–Crippen MR) is 79.2 cm³/mol. The highest BCUT2D eigenvalue weighted by Crippen LogP contribution is 2.24. The minimum atomic E-state index is -3.64. The fourth-order valence-corrected chi connectivity index (χ4v) is 3.58. The van der Waals surface area contributed by atoms with Gasteiger partial charge in [0, 0.05) is 11.2 Å². The summed E-state index contributed by atoms with van der Waals surface area (Å²) in [6, 6.07) is 9.78. The third kappa shape index (κ3) is 3.17. The van der Waals surface area contributed by atoms with Crippen LogP contribution in [0.2, 0.25) is 5.02 Å². The van der Waals surface area contributed by atoms with Gasteiger partial charge in [0.2, 0.25) is 10.0 Å². The Morgan fingerprint density at radius 3 is 2.60 bits per heavy atom. The van der Waals surface area contributed by atoms with Gasteiger partial charge in [0.15, 0.2) is 0 Å². The molecule has 0 amide bonds. The number of benzene rings is 1. The van der Waals surface area contributed by atoms with Gasteiger partial charge in [-0.05, 0) is 43.7 Å². The van der Waals surface area contributed by atoms with Crippen LogP contribution < -0.4 is 4.72 Å². The van der Waals surface area contributed by atoms with Gasteiger partial charge in [-0.15, -0.1) is 0 Å². The van der Waals surface area contributed by atoms with E-state index in [0.29, 0.717) is 16.3 Å². The Kier molecular flexibility index (Phi) is 4.42. The maximum atomic E-state index is 12.4. The van der Waals surface area contributed by atoms with Crippen molar-refractivity contribution in [2.75, 3.05) is 0 Å². The standard InChI is InChI=1S/C14H15ClN2O2S/c1-10-12(15)6-5-8-14(10)20(18,19)17-11(2)13-7-3-4-9-16-13/h3-9,11,17H,1-2H3/t11-/m0/s1. The molecule has 0 aliphatic carbocycles. The van der Waals surface area contributed by atoms with E-state index in [4.69, 9.17) is 11.6 Å². The number of hydrogen-bond acceptors (Lipinski definition) is 3. The molecule has 0 unspecified atom stereocenters. The van der Waals surface area contributed by atoms with E-state index in [1.807, 2.05) is 6.07 Å². The molecule has 1 atom stereocenters. The molecular formula is C14H15ClN2O2S. The van der Waals surface area contributed by atoms with Crippen LogP contribution in [0.1, 0.15) is 24.2 Å². The van der Waals surface area contributed by atoms with Crippen molar-refractivity contribution in [3.05, 3.63) is 58.9 Å². The third-order valence-electron chi connectivity index (χ3n) is 2.97. The number of nitrogens with zero attached hydrogens (tertiary/aromatic N) is 1. The van der Waals surface area contributed by atoms with Crippen LogP contribution in [-0.4, -0.2) is 13.4 Å². The molecule has 2 rings (SSSR count). The summed E-state index contributed by atoms with van der Waals surface area (Å²) in [6.07, 6.45) is 1.63. The van der Waals surface area contributed by atoms with Crippen LogP contribution in [-0.2, 0) is 10.0 Å². The van der Waals surface area contributed by atoms with Gasteiger partial charge < -0.3 is 0 Å². The first-order valence-corrected chi connectivity index (χ1v) is 7.96. The lowest BCUT2D eigenvalue weighted by Crippen LogP contribution is -2.28. The molecule has 0 radical (unpaired) electrons. The van der Waals surface area contributed by atoms with Crippen molar-refractivity contribution in [2.24, 2.45) is 0 Å². The first-order chi connectivity index (χ1) is 9.42. The van der Waals surface area contributed by atoms with Crippen molar-refractivity contribution >= 4 is 21.6 Å². The van der Waals surface area contributed by atoms with E-state index in [0.717, 1.165) is 0 Å². The summed E-state index contributed by atoms with van der Waals surface area (Å²) in [5.74, 6) is 0. The monoisotopic (exact) mass is 310 g/mol. The van der Waals surface area contributed by atoms with Crippen molar-refractivity contribution in [2.45, 2.75) is 24.8 Å². The maximum absolute atomic E-state index is 12.4. The molecule has 106 valence electrons. The lowest BCUT2D eigenvalue weighted by atomic mass is 10.2. The Bertz CT molecular complexity index is 702. The van der Waals surface area contributed by atoms with Gasteiger partial charge in [-0.1, -0.05) is 23.7 Å². The SMILES string of the molecule is Cc1c(Cl)cccc1S(=O)(=O)N[C@@H](C)c1ccccn1. The second-order valence-electron chi connectivity index (χ2n) is 4.46. The highest BCUT2D eigenvalue weighted by atomic mass is 35.5. The lowest BCUT2D eigenvalue weighted by Gasteiger charge is -2.15. The molecule has 20 heavy (non-hydrogen) atoms. The summed E-state index contributed by atoms with van der Waals surface area (Å²) in [7, 11) is -3.64. The maximum Gasteiger partial charge on any atom is 0.241 e. The molecule has 6 heteroatoms. The molecule has 1 heterocycles. The average molecular weight is 311 g/mol. The number of aromatic nitrogens is 1. The number of nitrogens with one attached hydrogen (secondary N) is 1. The zero-order valence-corrected chi connectivity index (χ0v) is 12.7. The molecule has 0 spiro atoms. The molecule has 0 saturated heterocycles. The minimum absolute atomic E-state index is 0.188. The highest BCUT2D eigenvalue weighted by molar-refractivity contribution is 7.89. The van der Waals surface area contributed by atoms with Crippen molar-refractivity contribution in [1.29, 1.82) is 0 Å². The molecule has 0 aliphatic rings. The van der Waals surface area contributed by atoms with Crippen molar-refractivity contribution in [1.82, 2.24) is 9.71 Å². The van der Waals surface area contributed by atoms with Crippen LogP contribution in [0.25, 0.3) is 0 Å². The first kappa shape index (κ1) is 15.0. The minimum Gasteiger partial charge on any atom is -0.260 e. The molecular weight excluding hydrogens is 296 g/mol. The fourth-order valence-electron chi connectivity index (χ4n) is 1.87. The highest BCUT2D eigenvalue weighted by Gasteiger charge is 2.21. The summed E-state index contributed by atoms with van der Waals surface area (Å²) in [5.41, 5.74) is 1.20. The third-order valence-corrected chi connectivity index (χ3v) is 5.07. The van der Waals surface area contributed by atoms with E-state index < -0.39 is 16.1 Å². The quantitative estimate of drug-likeness (QED) is 0.944. The molecule has 0 saturated carbocycles. The Morgan fingerprint density at radius 1 is 1.20 bits per heavy atom. The van der Waals surface area contributed by atoms with E-state index >= 15 is 0 Å². The van der Waals surface area contributed by atoms with E-state index in [9.17, 15) is 8.42 Å². The van der Waals surface area contributed by atoms with Crippen LogP contribution in [0.4, 0.5) is 0 Å². The summed E-state index contributed by atoms with van der Waals surface area (Å²) < 4.78 is 27.4. The number of sulfonamides is 1. The summed E-state index contributed by atoms with van der Waals surface area (Å²) >= 11 is 5.97. The predicted octanol–water partition coefficient (Wildman–Crippen LogP) is 3.08. The second kappa shape index (κ2) is 5.91. The summed E-state index contributed by atoms with van der Waals surface area (Å²) in [5, 5.41) is 0.429. The van der Waals surface area contributed by atoms with E-state index in [1.54, 1.807) is 44.3 Å². The van der Waals surface area contributed by atoms with Gasteiger partial charge in [-0.25, -0.2) is 13.1 Å². The molecule has 0 aliphatic heterocycles. The van der Waals surface area contributed by atoms with Crippen LogP contribution >= 0.6 is 11.6 Å². The van der Waals surface area contributed by atoms with Gasteiger partial charge in [-0.3, -0.25) is 4.98 Å². The molecule has 4 nitrogen and oxygen atoms in total. The average Bonchev–Trinajstić information content (AvgIpc) is 2.42. The molecule has 0 fully saturated rings. The Balaban J connectivity index is 2.30. The number of hydrogen-bond donors (Lipinski definition) is 1. The summed E-state index contributed by atoms with van der Waals surface area (Å²) in [6.45, 7) is 3.43. The van der Waals surface area contributed by atoms with Gasteiger partial charge in [0.25, 0.3) is 0 Å². The topological polar surface area (TPSA) is 59.1 Å². The Morgan fingerprint density at radius 2 is 1.95 bits per heavy atom. The number of pyridine rings is 1. The lowest BCUT2D eigenvalue weighted by molar-refractivity contribution is 0.563. The van der Waals surface area contributed by atoms with E-state index in [-0.39, 0.29) is 4.90 Å². The van der Waals surface area contributed by atoms with Gasteiger partial charge in [-0.2, -0.15) is 0 Å². The molecule has 1 aromatic heterocycles. The molecule has 1 aromatic carbocycles. The number of rotatable bonds is 4. The first-order valence-electron chi connectivity index (χ1n) is 6.10. The van der Waals surface area contributed by atoms with Crippen LogP contribution in [0, 0.1) is 6.92 Å². The molecule has 1 N–H and O–H groups in total. The van der Waals surface area contributed by atoms with Crippen LogP contribution in [0.5, 0.6) is 0 Å². The van der Waals surface area contributed by atoms with Crippen LogP contribution in [0.15, 0.2) is 47.5 Å². The van der Waals surface area contributed by atoms with Gasteiger partial charge in [0.1, 0.15) is 0 Å². The summed E-state index contributed by atoms with van der Waals surface area (Å²) in [4.78, 5) is 4.33. The van der Waals surface area contributed by atoms with Crippen LogP contribution in [0.3, 0.4) is 0 Å². The van der Waals surface area contributed by atoms with E-state index in [1.165, 1.54) is 6.07 Å². The Labute approximate surface area is 123 Å². The smallest absolute Gasteiger partial charge is 0.241 e. The Hall–Kier alpha value is -1.43. The van der Waals surface area contributed by atoms with Crippen molar-refractivity contribution in [3.63, 3.8) is 0 Å². The number of halogens is 1. The zero-order chi connectivity index (χ0) is 14.8. The molecule has 0 bridgehead atoms.